The number of benzene rings is 2. The van der Waals surface area contributed by atoms with Gasteiger partial charge in [-0.1, -0.05) is 30.3 Å². The lowest BCUT2D eigenvalue weighted by atomic mass is 10.1. The van der Waals surface area contributed by atoms with Crippen LogP contribution >= 0.6 is 24.0 Å². The van der Waals surface area contributed by atoms with Crippen LogP contribution in [-0.2, 0) is 0 Å². The molecule has 2 heteroatoms. The van der Waals surface area contributed by atoms with Gasteiger partial charge in [0.1, 0.15) is 0 Å². The minimum atomic E-state index is 1.07. The van der Waals surface area contributed by atoms with E-state index in [9.17, 15) is 0 Å². The SMILES string of the molecule is Sc1cccc2c1sc1ccccc12. The van der Waals surface area contributed by atoms with Crippen molar-refractivity contribution in [3.8, 4) is 0 Å². The molecule has 2 aromatic carbocycles. The molecule has 0 aliphatic carbocycles. The molecule has 0 atom stereocenters. The van der Waals surface area contributed by atoms with Crippen molar-refractivity contribution in [2.45, 2.75) is 4.90 Å². The highest BCUT2D eigenvalue weighted by molar-refractivity contribution is 7.80. The van der Waals surface area contributed by atoms with Gasteiger partial charge in [-0.3, -0.25) is 0 Å². The van der Waals surface area contributed by atoms with E-state index in [2.05, 4.69) is 49.0 Å². The third-order valence-electron chi connectivity index (χ3n) is 2.38. The minimum Gasteiger partial charge on any atom is -0.142 e. The first kappa shape index (κ1) is 8.33. The number of thiophene rings is 1. The van der Waals surface area contributed by atoms with Gasteiger partial charge in [0.2, 0.25) is 0 Å². The number of rotatable bonds is 0. The summed E-state index contributed by atoms with van der Waals surface area (Å²) in [5, 5.41) is 2.65. The zero-order valence-corrected chi connectivity index (χ0v) is 9.11. The largest absolute Gasteiger partial charge is 0.142 e. The molecule has 0 spiro atoms. The fourth-order valence-corrected chi connectivity index (χ4v) is 3.19. The Morgan fingerprint density at radius 2 is 1.64 bits per heavy atom. The van der Waals surface area contributed by atoms with Crippen LogP contribution in [0.2, 0.25) is 0 Å². The van der Waals surface area contributed by atoms with Gasteiger partial charge in [-0.2, -0.15) is 0 Å². The summed E-state index contributed by atoms with van der Waals surface area (Å²) in [4.78, 5) is 1.07. The summed E-state index contributed by atoms with van der Waals surface area (Å²) in [7, 11) is 0. The van der Waals surface area contributed by atoms with Gasteiger partial charge in [-0.05, 0) is 12.1 Å². The van der Waals surface area contributed by atoms with Crippen molar-refractivity contribution >= 4 is 44.1 Å². The molecule has 0 aliphatic heterocycles. The molecule has 1 heterocycles. The molecule has 0 fully saturated rings. The molecule has 1 aromatic heterocycles. The third-order valence-corrected chi connectivity index (χ3v) is 4.13. The number of hydrogen-bond acceptors (Lipinski definition) is 2. The van der Waals surface area contributed by atoms with Crippen LogP contribution in [0.1, 0.15) is 0 Å². The Morgan fingerprint density at radius 3 is 2.57 bits per heavy atom. The van der Waals surface area contributed by atoms with Gasteiger partial charge in [-0.25, -0.2) is 0 Å². The number of hydrogen-bond donors (Lipinski definition) is 1. The lowest BCUT2D eigenvalue weighted by Crippen LogP contribution is -1.66. The monoisotopic (exact) mass is 216 g/mol. The van der Waals surface area contributed by atoms with E-state index in [1.165, 1.54) is 20.2 Å². The quantitative estimate of drug-likeness (QED) is 0.531. The Hall–Kier alpha value is -0.990. The maximum atomic E-state index is 4.47. The first-order valence-electron chi connectivity index (χ1n) is 4.45. The van der Waals surface area contributed by atoms with E-state index < -0.39 is 0 Å². The molecule has 3 aromatic rings. The van der Waals surface area contributed by atoms with E-state index in [-0.39, 0.29) is 0 Å². The molecule has 0 amide bonds. The predicted octanol–water partition coefficient (Wildman–Crippen LogP) is 4.34. The van der Waals surface area contributed by atoms with Crippen LogP contribution in [0.5, 0.6) is 0 Å². The summed E-state index contributed by atoms with van der Waals surface area (Å²) < 4.78 is 2.63. The van der Waals surface area contributed by atoms with Crippen molar-refractivity contribution in [1.29, 1.82) is 0 Å². The van der Waals surface area contributed by atoms with Crippen molar-refractivity contribution in [3.05, 3.63) is 42.5 Å². The molecule has 3 rings (SSSR count). The highest BCUT2D eigenvalue weighted by atomic mass is 32.1. The minimum absolute atomic E-state index is 1.07. The maximum Gasteiger partial charge on any atom is 0.0488 e. The second-order valence-corrected chi connectivity index (χ2v) is 4.79. The van der Waals surface area contributed by atoms with Crippen LogP contribution in [0.3, 0.4) is 0 Å². The van der Waals surface area contributed by atoms with Crippen molar-refractivity contribution in [2.24, 2.45) is 0 Å². The molecular formula is C12H8S2. The van der Waals surface area contributed by atoms with Crippen molar-refractivity contribution in [2.75, 3.05) is 0 Å². The van der Waals surface area contributed by atoms with Gasteiger partial charge in [0.15, 0.2) is 0 Å². The summed E-state index contributed by atoms with van der Waals surface area (Å²) in [6.07, 6.45) is 0. The van der Waals surface area contributed by atoms with Gasteiger partial charge >= 0.3 is 0 Å². The van der Waals surface area contributed by atoms with Crippen molar-refractivity contribution < 1.29 is 0 Å². The lowest BCUT2D eigenvalue weighted by molar-refractivity contribution is 1.61. The second-order valence-electron chi connectivity index (χ2n) is 3.25. The Kier molecular flexibility index (Phi) is 1.79. The van der Waals surface area contributed by atoms with Crippen LogP contribution < -0.4 is 0 Å². The molecule has 0 saturated carbocycles. The number of thiol groups is 1. The van der Waals surface area contributed by atoms with Crippen LogP contribution in [0.25, 0.3) is 20.2 Å². The van der Waals surface area contributed by atoms with E-state index in [4.69, 9.17) is 0 Å². The van der Waals surface area contributed by atoms with E-state index in [1.54, 1.807) is 0 Å². The molecule has 0 aliphatic rings. The molecule has 0 bridgehead atoms. The number of fused-ring (bicyclic) bond motifs is 3. The predicted molar refractivity (Wildman–Crippen MR) is 66.6 cm³/mol. The zero-order valence-electron chi connectivity index (χ0n) is 7.40. The first-order valence-corrected chi connectivity index (χ1v) is 5.72. The molecule has 0 radical (unpaired) electrons. The normalized spacial score (nSPS) is 11.2. The van der Waals surface area contributed by atoms with Crippen molar-refractivity contribution in [3.63, 3.8) is 0 Å². The molecule has 14 heavy (non-hydrogen) atoms. The zero-order chi connectivity index (χ0) is 9.54. The smallest absolute Gasteiger partial charge is 0.0488 e. The third kappa shape index (κ3) is 1.08. The second kappa shape index (κ2) is 3.01. The molecular weight excluding hydrogens is 208 g/mol. The average molecular weight is 216 g/mol. The Balaban J connectivity index is 2.63. The van der Waals surface area contributed by atoms with Gasteiger partial charge in [0.05, 0.1) is 0 Å². The summed E-state index contributed by atoms with van der Waals surface area (Å²) in [6, 6.07) is 14.8. The Morgan fingerprint density at radius 1 is 0.857 bits per heavy atom. The lowest BCUT2D eigenvalue weighted by Gasteiger charge is -1.92. The average Bonchev–Trinajstić information content (AvgIpc) is 2.59. The summed E-state index contributed by atoms with van der Waals surface area (Å²) in [6.45, 7) is 0. The molecule has 0 saturated heterocycles. The summed E-state index contributed by atoms with van der Waals surface area (Å²) in [5.41, 5.74) is 0. The van der Waals surface area contributed by atoms with Crippen molar-refractivity contribution in [1.82, 2.24) is 0 Å². The van der Waals surface area contributed by atoms with Crippen LogP contribution in [-0.4, -0.2) is 0 Å². The van der Waals surface area contributed by atoms with E-state index >= 15 is 0 Å². The van der Waals surface area contributed by atoms with Gasteiger partial charge in [0, 0.05) is 25.1 Å². The van der Waals surface area contributed by atoms with Crippen LogP contribution in [0, 0.1) is 0 Å². The fraction of sp³-hybridized carbons (Fsp3) is 0. The first-order chi connectivity index (χ1) is 6.86. The molecule has 68 valence electrons. The molecule has 0 nitrogen and oxygen atoms in total. The maximum absolute atomic E-state index is 4.47. The topological polar surface area (TPSA) is 0 Å². The highest BCUT2D eigenvalue weighted by Gasteiger charge is 2.05. The molecule has 0 N–H and O–H groups in total. The fourth-order valence-electron chi connectivity index (χ4n) is 1.73. The van der Waals surface area contributed by atoms with Crippen LogP contribution in [0.15, 0.2) is 47.4 Å². The van der Waals surface area contributed by atoms with E-state index in [1.807, 2.05) is 17.4 Å². The standard InChI is InChI=1S/C12H8S2/c13-10-6-3-5-9-8-4-1-2-7-11(8)14-12(9)10/h1-7,13H. The molecule has 0 unspecified atom stereocenters. The summed E-state index contributed by atoms with van der Waals surface area (Å²) in [5.74, 6) is 0. The van der Waals surface area contributed by atoms with E-state index in [0.29, 0.717) is 0 Å². The van der Waals surface area contributed by atoms with Gasteiger partial charge in [0.25, 0.3) is 0 Å². The van der Waals surface area contributed by atoms with Gasteiger partial charge < -0.3 is 0 Å². The van der Waals surface area contributed by atoms with Crippen LogP contribution in [0.4, 0.5) is 0 Å². The van der Waals surface area contributed by atoms with E-state index in [0.717, 1.165) is 4.90 Å². The van der Waals surface area contributed by atoms with Gasteiger partial charge in [-0.15, -0.1) is 24.0 Å². The summed E-state index contributed by atoms with van der Waals surface area (Å²) >= 11 is 6.28. The Bertz CT molecular complexity index is 608. The highest BCUT2D eigenvalue weighted by Crippen LogP contribution is 2.36. The Labute approximate surface area is 91.6 Å².